The molecule has 2 aromatic rings. The van der Waals surface area contributed by atoms with Gasteiger partial charge in [0.1, 0.15) is 23.1 Å². The largest absolute Gasteiger partial charge is 0.356 e. The van der Waals surface area contributed by atoms with Gasteiger partial charge < -0.3 is 10.2 Å². The molecule has 1 aliphatic rings. The summed E-state index contributed by atoms with van der Waals surface area (Å²) in [4.78, 5) is 32.1. The lowest BCUT2D eigenvalue weighted by atomic mass is 10.1. The molecular formula is C20H23N5O2. The standard InChI is InChI=1S/C20H23N5O2/c1-14-8-7-11-25-17(14)23-18(24-9-5-3-4-6-10-24)16(20(25)27)12-15(13-21)19(26)22-2/h7-8,11-12H,3-6,9-10H2,1-2H3,(H,22,26)/b15-12-. The van der Waals surface area contributed by atoms with Crippen molar-refractivity contribution in [2.75, 3.05) is 25.0 Å². The number of hydrogen-bond donors (Lipinski definition) is 1. The number of anilines is 1. The van der Waals surface area contributed by atoms with Gasteiger partial charge in [-0.15, -0.1) is 0 Å². The molecule has 1 fully saturated rings. The lowest BCUT2D eigenvalue weighted by Crippen LogP contribution is -2.30. The Morgan fingerprint density at radius 1 is 1.30 bits per heavy atom. The van der Waals surface area contributed by atoms with Crippen LogP contribution in [-0.2, 0) is 4.79 Å². The first-order valence-corrected chi connectivity index (χ1v) is 9.17. The zero-order valence-electron chi connectivity index (χ0n) is 15.7. The molecule has 1 N–H and O–H groups in total. The van der Waals surface area contributed by atoms with Crippen molar-refractivity contribution in [1.82, 2.24) is 14.7 Å². The molecule has 1 saturated heterocycles. The number of aryl methyl sites for hydroxylation is 1. The maximum atomic E-state index is 13.2. The highest BCUT2D eigenvalue weighted by molar-refractivity contribution is 6.02. The molecule has 0 bridgehead atoms. The third kappa shape index (κ3) is 3.70. The minimum Gasteiger partial charge on any atom is -0.356 e. The summed E-state index contributed by atoms with van der Waals surface area (Å²) in [5.41, 5.74) is 1.38. The molecule has 3 rings (SSSR count). The van der Waals surface area contributed by atoms with Gasteiger partial charge in [0, 0.05) is 26.3 Å². The van der Waals surface area contributed by atoms with E-state index in [0.29, 0.717) is 11.5 Å². The summed E-state index contributed by atoms with van der Waals surface area (Å²) >= 11 is 0. The Kier molecular flexibility index (Phi) is 5.55. The molecule has 0 atom stereocenters. The number of rotatable bonds is 3. The van der Waals surface area contributed by atoms with Gasteiger partial charge in [0.15, 0.2) is 0 Å². The van der Waals surface area contributed by atoms with Crippen LogP contribution in [0.15, 0.2) is 28.7 Å². The van der Waals surface area contributed by atoms with Crippen molar-refractivity contribution in [3.63, 3.8) is 0 Å². The van der Waals surface area contributed by atoms with E-state index in [1.54, 1.807) is 12.3 Å². The fraction of sp³-hybridized carbons (Fsp3) is 0.400. The number of amides is 1. The zero-order valence-corrected chi connectivity index (χ0v) is 15.7. The summed E-state index contributed by atoms with van der Waals surface area (Å²) in [6.45, 7) is 3.52. The summed E-state index contributed by atoms with van der Waals surface area (Å²) in [6, 6.07) is 5.58. The SMILES string of the molecule is CNC(=O)/C(C#N)=C\c1c(N2CCCCCC2)nc2c(C)cccn2c1=O. The van der Waals surface area contributed by atoms with E-state index in [1.165, 1.54) is 17.5 Å². The van der Waals surface area contributed by atoms with Crippen molar-refractivity contribution >= 4 is 23.4 Å². The topological polar surface area (TPSA) is 90.5 Å². The number of pyridine rings is 1. The summed E-state index contributed by atoms with van der Waals surface area (Å²) in [6.07, 6.45) is 7.37. The Balaban J connectivity index is 2.29. The van der Waals surface area contributed by atoms with Crippen LogP contribution in [0, 0.1) is 18.3 Å². The maximum absolute atomic E-state index is 13.2. The normalized spacial score (nSPS) is 15.3. The number of fused-ring (bicyclic) bond motifs is 1. The monoisotopic (exact) mass is 365 g/mol. The number of carbonyl (C=O) groups is 1. The molecule has 0 aliphatic carbocycles. The molecule has 0 spiro atoms. The zero-order chi connectivity index (χ0) is 19.4. The number of nitrogens with one attached hydrogen (secondary N) is 1. The van der Waals surface area contributed by atoms with Gasteiger partial charge in [-0.05, 0) is 37.5 Å². The van der Waals surface area contributed by atoms with Gasteiger partial charge in [0.05, 0.1) is 5.56 Å². The van der Waals surface area contributed by atoms with Crippen LogP contribution in [0.5, 0.6) is 0 Å². The molecule has 140 valence electrons. The van der Waals surface area contributed by atoms with Crippen molar-refractivity contribution in [3.05, 3.63) is 45.4 Å². The van der Waals surface area contributed by atoms with Crippen LogP contribution in [0.3, 0.4) is 0 Å². The van der Waals surface area contributed by atoms with Crippen molar-refractivity contribution in [2.24, 2.45) is 0 Å². The molecule has 7 heteroatoms. The van der Waals surface area contributed by atoms with Gasteiger partial charge in [-0.3, -0.25) is 14.0 Å². The Labute approximate surface area is 157 Å². The molecule has 2 aromatic heterocycles. The smallest absolute Gasteiger partial charge is 0.267 e. The van der Waals surface area contributed by atoms with Crippen molar-refractivity contribution in [2.45, 2.75) is 32.6 Å². The number of hydrogen-bond acceptors (Lipinski definition) is 5. The van der Waals surface area contributed by atoms with Crippen molar-refractivity contribution in [1.29, 1.82) is 5.26 Å². The first kappa shape index (κ1) is 18.6. The maximum Gasteiger partial charge on any atom is 0.267 e. The highest BCUT2D eigenvalue weighted by Gasteiger charge is 2.20. The Morgan fingerprint density at radius 3 is 2.63 bits per heavy atom. The fourth-order valence-electron chi connectivity index (χ4n) is 3.38. The van der Waals surface area contributed by atoms with E-state index in [1.807, 2.05) is 19.1 Å². The van der Waals surface area contributed by atoms with Crippen molar-refractivity contribution in [3.8, 4) is 6.07 Å². The van der Waals surface area contributed by atoms with Gasteiger partial charge in [-0.2, -0.15) is 5.26 Å². The second kappa shape index (κ2) is 8.04. The Hall–Kier alpha value is -3.14. The lowest BCUT2D eigenvalue weighted by Gasteiger charge is -2.24. The van der Waals surface area contributed by atoms with Gasteiger partial charge in [0.25, 0.3) is 11.5 Å². The number of aromatic nitrogens is 2. The molecule has 1 amide bonds. The highest BCUT2D eigenvalue weighted by atomic mass is 16.1. The first-order valence-electron chi connectivity index (χ1n) is 9.17. The van der Waals surface area contributed by atoms with E-state index in [9.17, 15) is 14.9 Å². The van der Waals surface area contributed by atoms with Crippen LogP contribution >= 0.6 is 0 Å². The Morgan fingerprint density at radius 2 is 2.00 bits per heavy atom. The molecule has 3 heterocycles. The Bertz CT molecular complexity index is 992. The summed E-state index contributed by atoms with van der Waals surface area (Å²) in [7, 11) is 1.46. The average molecular weight is 365 g/mol. The minimum atomic E-state index is -0.520. The second-order valence-electron chi connectivity index (χ2n) is 6.69. The van der Waals surface area contributed by atoms with Crippen LogP contribution in [0.4, 0.5) is 5.82 Å². The quantitative estimate of drug-likeness (QED) is 0.664. The molecule has 7 nitrogen and oxygen atoms in total. The van der Waals surface area contributed by atoms with Gasteiger partial charge in [-0.25, -0.2) is 4.98 Å². The number of carbonyl (C=O) groups excluding carboxylic acids is 1. The summed E-state index contributed by atoms with van der Waals surface area (Å²) in [5.74, 6) is 0.0286. The molecule has 0 radical (unpaired) electrons. The van der Waals surface area contributed by atoms with Gasteiger partial charge >= 0.3 is 0 Å². The van der Waals surface area contributed by atoms with E-state index in [0.717, 1.165) is 44.3 Å². The second-order valence-corrected chi connectivity index (χ2v) is 6.69. The van der Waals surface area contributed by atoms with E-state index < -0.39 is 5.91 Å². The predicted octanol–water partition coefficient (Wildman–Crippen LogP) is 2.04. The number of likely N-dealkylation sites (N-methyl/N-ethyl adjacent to an activating group) is 1. The van der Waals surface area contributed by atoms with E-state index in [4.69, 9.17) is 4.98 Å². The van der Waals surface area contributed by atoms with Crippen LogP contribution in [0.1, 0.15) is 36.8 Å². The molecule has 0 aromatic carbocycles. The van der Waals surface area contributed by atoms with E-state index in [2.05, 4.69) is 10.2 Å². The minimum absolute atomic E-state index is 0.111. The molecule has 27 heavy (non-hydrogen) atoms. The third-order valence-electron chi connectivity index (χ3n) is 4.85. The summed E-state index contributed by atoms with van der Waals surface area (Å²) in [5, 5.41) is 11.8. The molecular weight excluding hydrogens is 342 g/mol. The third-order valence-corrected chi connectivity index (χ3v) is 4.85. The molecule has 0 saturated carbocycles. The van der Waals surface area contributed by atoms with Crippen LogP contribution < -0.4 is 15.8 Å². The molecule has 0 unspecified atom stereocenters. The number of nitriles is 1. The highest BCUT2D eigenvalue weighted by Crippen LogP contribution is 2.23. The number of nitrogens with zero attached hydrogens (tertiary/aromatic N) is 4. The van der Waals surface area contributed by atoms with E-state index in [-0.39, 0.29) is 16.7 Å². The van der Waals surface area contributed by atoms with Crippen LogP contribution in [0.2, 0.25) is 0 Å². The van der Waals surface area contributed by atoms with Gasteiger partial charge in [0.2, 0.25) is 0 Å². The first-order chi connectivity index (χ1) is 13.1. The van der Waals surface area contributed by atoms with Crippen LogP contribution in [0.25, 0.3) is 11.7 Å². The predicted molar refractivity (Wildman–Crippen MR) is 105 cm³/mol. The van der Waals surface area contributed by atoms with Gasteiger partial charge in [-0.1, -0.05) is 18.9 Å². The molecule has 1 aliphatic heterocycles. The van der Waals surface area contributed by atoms with E-state index >= 15 is 0 Å². The fourth-order valence-corrected chi connectivity index (χ4v) is 3.38. The summed E-state index contributed by atoms with van der Waals surface area (Å²) < 4.78 is 1.47. The van der Waals surface area contributed by atoms with Crippen molar-refractivity contribution < 1.29 is 4.79 Å². The van der Waals surface area contributed by atoms with Crippen LogP contribution in [-0.4, -0.2) is 35.4 Å². The lowest BCUT2D eigenvalue weighted by molar-refractivity contribution is -0.116. The average Bonchev–Trinajstić information content (AvgIpc) is 2.96.